The Morgan fingerprint density at radius 3 is 3.00 bits per heavy atom. The molecule has 0 aliphatic carbocycles. The van der Waals surface area contributed by atoms with Gasteiger partial charge in [0.05, 0.1) is 0 Å². The van der Waals surface area contributed by atoms with Crippen molar-refractivity contribution in [3.63, 3.8) is 0 Å². The third kappa shape index (κ3) is 2.15. The van der Waals surface area contributed by atoms with Crippen LogP contribution < -0.4 is 11.1 Å². The summed E-state index contributed by atoms with van der Waals surface area (Å²) >= 11 is 6.11. The molecule has 0 amide bonds. The highest BCUT2D eigenvalue weighted by Crippen LogP contribution is 2.23. The molecule has 0 saturated heterocycles. The van der Waals surface area contributed by atoms with Crippen LogP contribution in [0.25, 0.3) is 11.2 Å². The molecular formula is C11H10ClN7. The number of fused-ring (bicyclic) bond motifs is 1. The highest BCUT2D eigenvalue weighted by molar-refractivity contribution is 6.31. The van der Waals surface area contributed by atoms with Crippen molar-refractivity contribution in [2.24, 2.45) is 0 Å². The number of hydrogen-bond acceptors (Lipinski definition) is 6. The standard InChI is InChI=1S/C11H10ClN7/c12-7-2-1-3-8(13)6(7)4-14-10-9-11(16-5-15-10)18-19-17-9/h1-3,5H,4,13H2,(H2,14,15,16,17,18,19). The van der Waals surface area contributed by atoms with E-state index in [1.807, 2.05) is 6.07 Å². The number of H-pyrrole nitrogens is 1. The first kappa shape index (κ1) is 11.7. The van der Waals surface area contributed by atoms with Gasteiger partial charge in [-0.2, -0.15) is 10.3 Å². The lowest BCUT2D eigenvalue weighted by atomic mass is 10.2. The Kier molecular flexibility index (Phi) is 2.88. The predicted octanol–water partition coefficient (Wildman–Crippen LogP) is 1.60. The van der Waals surface area contributed by atoms with Gasteiger partial charge in [0.2, 0.25) is 5.65 Å². The summed E-state index contributed by atoms with van der Waals surface area (Å²) in [5.74, 6) is 0.582. The SMILES string of the molecule is Nc1cccc(Cl)c1CNc1ncnc2n[nH]nc12. The lowest BCUT2D eigenvalue weighted by Gasteiger charge is -2.09. The second-order valence-corrected chi connectivity index (χ2v) is 4.29. The largest absolute Gasteiger partial charge is 0.398 e. The zero-order valence-corrected chi connectivity index (χ0v) is 10.5. The molecule has 19 heavy (non-hydrogen) atoms. The minimum atomic E-state index is 0.449. The number of hydrogen-bond donors (Lipinski definition) is 3. The Morgan fingerprint density at radius 2 is 2.16 bits per heavy atom. The Bertz CT molecular complexity index is 704. The number of nitrogens with zero attached hydrogens (tertiary/aromatic N) is 4. The Balaban J connectivity index is 1.88. The molecule has 0 spiro atoms. The van der Waals surface area contributed by atoms with E-state index in [0.717, 1.165) is 5.56 Å². The quantitative estimate of drug-likeness (QED) is 0.627. The first-order chi connectivity index (χ1) is 9.25. The summed E-state index contributed by atoms with van der Waals surface area (Å²) in [6, 6.07) is 5.40. The summed E-state index contributed by atoms with van der Waals surface area (Å²) in [4.78, 5) is 8.11. The van der Waals surface area contributed by atoms with E-state index in [1.165, 1.54) is 6.33 Å². The number of benzene rings is 1. The van der Waals surface area contributed by atoms with Gasteiger partial charge in [0, 0.05) is 22.8 Å². The maximum atomic E-state index is 6.11. The number of aromatic nitrogens is 5. The molecule has 0 bridgehead atoms. The molecule has 0 aliphatic heterocycles. The van der Waals surface area contributed by atoms with Crippen molar-refractivity contribution in [3.05, 3.63) is 35.1 Å². The van der Waals surface area contributed by atoms with Crippen LogP contribution in [0.15, 0.2) is 24.5 Å². The molecule has 2 heterocycles. The molecule has 0 saturated carbocycles. The Morgan fingerprint density at radius 1 is 1.26 bits per heavy atom. The summed E-state index contributed by atoms with van der Waals surface area (Å²) in [5.41, 5.74) is 8.42. The molecule has 96 valence electrons. The maximum absolute atomic E-state index is 6.11. The summed E-state index contributed by atoms with van der Waals surface area (Å²) in [6.45, 7) is 0.449. The minimum Gasteiger partial charge on any atom is -0.398 e. The van der Waals surface area contributed by atoms with Crippen molar-refractivity contribution in [1.29, 1.82) is 0 Å². The third-order valence-corrected chi connectivity index (χ3v) is 3.06. The van der Waals surface area contributed by atoms with Crippen LogP contribution in [-0.4, -0.2) is 25.4 Å². The lowest BCUT2D eigenvalue weighted by Crippen LogP contribution is -2.05. The lowest BCUT2D eigenvalue weighted by molar-refractivity contribution is 0.954. The molecule has 0 radical (unpaired) electrons. The monoisotopic (exact) mass is 275 g/mol. The fourth-order valence-electron chi connectivity index (χ4n) is 1.74. The number of nitrogen functional groups attached to an aromatic ring is 1. The van der Waals surface area contributed by atoms with Crippen molar-refractivity contribution in [3.8, 4) is 0 Å². The second kappa shape index (κ2) is 4.69. The van der Waals surface area contributed by atoms with Gasteiger partial charge in [-0.3, -0.25) is 0 Å². The first-order valence-corrected chi connectivity index (χ1v) is 5.91. The minimum absolute atomic E-state index is 0.449. The summed E-state index contributed by atoms with van der Waals surface area (Å²) in [7, 11) is 0. The van der Waals surface area contributed by atoms with Crippen LogP contribution in [0.3, 0.4) is 0 Å². The van der Waals surface area contributed by atoms with Gasteiger partial charge in [-0.15, -0.1) is 5.10 Å². The summed E-state index contributed by atoms with van der Waals surface area (Å²) in [5, 5.41) is 14.1. The van der Waals surface area contributed by atoms with Gasteiger partial charge in [-0.1, -0.05) is 17.7 Å². The molecule has 7 nitrogen and oxygen atoms in total. The average molecular weight is 276 g/mol. The number of rotatable bonds is 3. The van der Waals surface area contributed by atoms with Crippen LogP contribution in [0.2, 0.25) is 5.02 Å². The van der Waals surface area contributed by atoms with Crippen molar-refractivity contribution in [1.82, 2.24) is 25.4 Å². The van der Waals surface area contributed by atoms with E-state index in [4.69, 9.17) is 17.3 Å². The fourth-order valence-corrected chi connectivity index (χ4v) is 1.99. The molecule has 2 aromatic heterocycles. The van der Waals surface area contributed by atoms with Crippen LogP contribution in [0, 0.1) is 0 Å². The van der Waals surface area contributed by atoms with Crippen molar-refractivity contribution in [2.45, 2.75) is 6.54 Å². The number of nitrogens with two attached hydrogens (primary N) is 1. The number of anilines is 2. The van der Waals surface area contributed by atoms with Crippen molar-refractivity contribution >= 4 is 34.3 Å². The number of nitrogens with one attached hydrogen (secondary N) is 2. The van der Waals surface area contributed by atoms with Crippen LogP contribution in [0.5, 0.6) is 0 Å². The van der Waals surface area contributed by atoms with E-state index >= 15 is 0 Å². The first-order valence-electron chi connectivity index (χ1n) is 5.54. The van der Waals surface area contributed by atoms with Gasteiger partial charge < -0.3 is 11.1 Å². The van der Waals surface area contributed by atoms with Crippen LogP contribution >= 0.6 is 11.6 Å². The molecule has 0 aliphatic rings. The van der Waals surface area contributed by atoms with E-state index in [0.29, 0.717) is 34.2 Å². The van der Waals surface area contributed by atoms with Gasteiger partial charge in [0.15, 0.2) is 11.3 Å². The Hall–Kier alpha value is -2.41. The van der Waals surface area contributed by atoms with Crippen molar-refractivity contribution in [2.75, 3.05) is 11.1 Å². The van der Waals surface area contributed by atoms with E-state index in [2.05, 4.69) is 30.7 Å². The zero-order valence-electron chi connectivity index (χ0n) is 9.76. The predicted molar refractivity (Wildman–Crippen MR) is 72.7 cm³/mol. The number of halogens is 1. The van der Waals surface area contributed by atoms with Gasteiger partial charge in [-0.25, -0.2) is 9.97 Å². The molecule has 4 N–H and O–H groups in total. The second-order valence-electron chi connectivity index (χ2n) is 3.88. The van der Waals surface area contributed by atoms with Crippen molar-refractivity contribution < 1.29 is 0 Å². The van der Waals surface area contributed by atoms with E-state index in [1.54, 1.807) is 12.1 Å². The molecule has 1 aromatic carbocycles. The van der Waals surface area contributed by atoms with E-state index < -0.39 is 0 Å². The molecule has 8 heteroatoms. The van der Waals surface area contributed by atoms with Gasteiger partial charge in [-0.05, 0) is 12.1 Å². The average Bonchev–Trinajstić information content (AvgIpc) is 2.87. The van der Waals surface area contributed by atoms with Crippen LogP contribution in [0.1, 0.15) is 5.56 Å². The highest BCUT2D eigenvalue weighted by atomic mass is 35.5. The molecule has 3 aromatic rings. The normalized spacial score (nSPS) is 10.8. The highest BCUT2D eigenvalue weighted by Gasteiger charge is 2.09. The van der Waals surface area contributed by atoms with E-state index in [9.17, 15) is 0 Å². The van der Waals surface area contributed by atoms with E-state index in [-0.39, 0.29) is 0 Å². The fraction of sp³-hybridized carbons (Fsp3) is 0.0909. The maximum Gasteiger partial charge on any atom is 0.206 e. The molecular weight excluding hydrogens is 266 g/mol. The molecule has 0 unspecified atom stereocenters. The van der Waals surface area contributed by atoms with Gasteiger partial charge >= 0.3 is 0 Å². The summed E-state index contributed by atoms with van der Waals surface area (Å²) in [6.07, 6.45) is 1.42. The van der Waals surface area contributed by atoms with Crippen LogP contribution in [-0.2, 0) is 6.54 Å². The molecule has 0 atom stereocenters. The topological polar surface area (TPSA) is 105 Å². The number of aromatic amines is 1. The third-order valence-electron chi connectivity index (χ3n) is 2.71. The molecule has 0 fully saturated rings. The zero-order chi connectivity index (χ0) is 13.2. The smallest absolute Gasteiger partial charge is 0.206 e. The molecule has 3 rings (SSSR count). The summed E-state index contributed by atoms with van der Waals surface area (Å²) < 4.78 is 0. The van der Waals surface area contributed by atoms with Gasteiger partial charge in [0.25, 0.3) is 0 Å². The Labute approximate surface area is 113 Å². The van der Waals surface area contributed by atoms with Crippen LogP contribution in [0.4, 0.5) is 11.5 Å². The van der Waals surface area contributed by atoms with Gasteiger partial charge in [0.1, 0.15) is 6.33 Å².